The minimum Gasteiger partial charge on any atom is -0.462 e. The fourth-order valence-electron chi connectivity index (χ4n) is 1.65. The molecule has 0 fully saturated rings. The van der Waals surface area contributed by atoms with Crippen LogP contribution in [-0.4, -0.2) is 69.8 Å². The molecule has 1 atom stereocenters. The number of alkyl carbamates (subject to hydrolysis) is 1. The summed E-state index contributed by atoms with van der Waals surface area (Å²) in [5, 5.41) is 2.37. The Kier molecular flexibility index (Phi) is 16.1. The van der Waals surface area contributed by atoms with E-state index >= 15 is 0 Å². The van der Waals surface area contributed by atoms with Crippen LogP contribution < -0.4 is 5.32 Å². The van der Waals surface area contributed by atoms with Crippen molar-refractivity contribution in [2.75, 3.05) is 39.5 Å². The maximum absolute atomic E-state index is 11.8. The molecule has 0 saturated carbocycles. The molecule has 27 heavy (non-hydrogen) atoms. The number of esters is 1. The van der Waals surface area contributed by atoms with Crippen LogP contribution in [0.25, 0.3) is 0 Å². The average Bonchev–Trinajstić information content (AvgIpc) is 2.66. The molecule has 0 rings (SSSR count). The highest BCUT2D eigenvalue weighted by atomic mass is 17.2. The summed E-state index contributed by atoms with van der Waals surface area (Å²) in [7, 11) is 0. The fraction of sp³-hybridized carbons (Fsp3) is 0.625. The quantitative estimate of drug-likeness (QED) is 0.0774. The smallest absolute Gasteiger partial charge is 0.407 e. The van der Waals surface area contributed by atoms with Gasteiger partial charge in [0.05, 0.1) is 13.1 Å². The Labute approximate surface area is 156 Å². The highest BCUT2D eigenvalue weighted by molar-refractivity contribution is 5.77. The van der Waals surface area contributed by atoms with E-state index in [1.54, 1.807) is 0 Å². The van der Waals surface area contributed by atoms with E-state index in [-0.39, 0.29) is 45.9 Å². The lowest BCUT2D eigenvalue weighted by atomic mass is 10.1. The predicted molar refractivity (Wildman–Crippen MR) is 91.2 cm³/mol. The topological polar surface area (TPSA) is 142 Å². The molecule has 0 aliphatic rings. The molecule has 0 aromatic heterocycles. The molecule has 0 bridgehead atoms. The van der Waals surface area contributed by atoms with Crippen LogP contribution in [0.5, 0.6) is 0 Å². The highest BCUT2D eigenvalue weighted by Gasteiger charge is 2.18. The molecule has 0 aromatic rings. The van der Waals surface area contributed by atoms with E-state index in [0.717, 1.165) is 0 Å². The number of rotatable bonds is 16. The van der Waals surface area contributed by atoms with Crippen molar-refractivity contribution in [3.8, 4) is 0 Å². The van der Waals surface area contributed by atoms with Crippen molar-refractivity contribution in [1.82, 2.24) is 5.32 Å². The predicted octanol–water partition coefficient (Wildman–Crippen LogP) is 0.601. The Balaban J connectivity index is 3.86. The molecule has 1 N–H and O–H groups in total. The van der Waals surface area contributed by atoms with Gasteiger partial charge in [-0.15, -0.1) is 6.58 Å². The van der Waals surface area contributed by atoms with Gasteiger partial charge in [-0.25, -0.2) is 33.9 Å². The molecule has 0 spiro atoms. The second-order valence-electron chi connectivity index (χ2n) is 4.83. The zero-order valence-corrected chi connectivity index (χ0v) is 14.9. The Morgan fingerprint density at radius 1 is 1.07 bits per heavy atom. The van der Waals surface area contributed by atoms with Crippen molar-refractivity contribution < 1.29 is 38.4 Å². The normalized spacial score (nSPS) is 10.7. The molecule has 150 valence electrons. The summed E-state index contributed by atoms with van der Waals surface area (Å²) in [5.41, 5.74) is 0. The van der Waals surface area contributed by atoms with Gasteiger partial charge in [0, 0.05) is 0 Å². The molecule has 0 saturated heterocycles. The number of aliphatic imine (C=N–C) groups is 2. The summed E-state index contributed by atoms with van der Waals surface area (Å²) in [6.45, 7) is 3.87. The summed E-state index contributed by atoms with van der Waals surface area (Å²) in [6, 6.07) is -0.984. The Morgan fingerprint density at radius 3 is 2.59 bits per heavy atom. The molecule has 0 aromatic carbocycles. The molecule has 11 heteroatoms. The van der Waals surface area contributed by atoms with Gasteiger partial charge < -0.3 is 14.8 Å². The van der Waals surface area contributed by atoms with Crippen LogP contribution in [0, 0.1) is 0 Å². The van der Waals surface area contributed by atoms with Crippen molar-refractivity contribution in [2.45, 2.75) is 25.3 Å². The lowest BCUT2D eigenvalue weighted by molar-refractivity contribution is -0.289. The SMILES string of the molecule is C=CCOOCCOC(=O)NCCOC(=O)C(CCCCN=C=O)N=C=O. The number of nitrogens with one attached hydrogen (secondary N) is 1. The van der Waals surface area contributed by atoms with Crippen molar-refractivity contribution in [3.63, 3.8) is 0 Å². The number of nitrogens with zero attached hydrogens (tertiary/aromatic N) is 2. The average molecular weight is 385 g/mol. The van der Waals surface area contributed by atoms with Crippen LogP contribution in [0.2, 0.25) is 0 Å². The monoisotopic (exact) mass is 385 g/mol. The van der Waals surface area contributed by atoms with Crippen molar-refractivity contribution >= 4 is 24.2 Å². The third kappa shape index (κ3) is 15.2. The van der Waals surface area contributed by atoms with Gasteiger partial charge in [0.25, 0.3) is 0 Å². The van der Waals surface area contributed by atoms with Crippen molar-refractivity contribution in [2.24, 2.45) is 9.98 Å². The standard InChI is InChI=1S/C16H23N3O8/c1-2-8-26-27-11-10-25-16(23)18-7-9-24-15(22)14(19-13-21)5-3-4-6-17-12-20/h2,14H,1,3-11H2,(H,18,23). The Bertz CT molecular complexity index is 542. The molecule has 0 aliphatic carbocycles. The van der Waals surface area contributed by atoms with Crippen LogP contribution in [0.4, 0.5) is 4.79 Å². The third-order valence-electron chi connectivity index (χ3n) is 2.83. The lowest BCUT2D eigenvalue weighted by Crippen LogP contribution is -2.31. The van der Waals surface area contributed by atoms with Gasteiger partial charge in [-0.1, -0.05) is 6.08 Å². The van der Waals surface area contributed by atoms with Crippen molar-refractivity contribution in [1.29, 1.82) is 0 Å². The molecule has 1 unspecified atom stereocenters. The first kappa shape index (κ1) is 24.2. The number of hydrogen-bond donors (Lipinski definition) is 1. The number of ether oxygens (including phenoxy) is 2. The number of amides is 1. The van der Waals surface area contributed by atoms with Gasteiger partial charge >= 0.3 is 12.1 Å². The molecule has 11 nitrogen and oxygen atoms in total. The van der Waals surface area contributed by atoms with Gasteiger partial charge in [0.1, 0.15) is 26.4 Å². The maximum Gasteiger partial charge on any atom is 0.407 e. The van der Waals surface area contributed by atoms with E-state index in [1.165, 1.54) is 18.2 Å². The van der Waals surface area contributed by atoms with Crippen LogP contribution in [0.3, 0.4) is 0 Å². The molecular formula is C16H23N3O8. The van der Waals surface area contributed by atoms with E-state index in [1.807, 2.05) is 0 Å². The van der Waals surface area contributed by atoms with Gasteiger partial charge in [-0.05, 0) is 19.3 Å². The summed E-state index contributed by atoms with van der Waals surface area (Å²) in [5.74, 6) is -0.708. The molecule has 0 heterocycles. The molecule has 1 amide bonds. The Hall–Kier alpha value is -2.84. The second kappa shape index (κ2) is 18.0. The van der Waals surface area contributed by atoms with E-state index in [2.05, 4.69) is 31.7 Å². The van der Waals surface area contributed by atoms with Gasteiger partial charge in [0.2, 0.25) is 12.2 Å². The van der Waals surface area contributed by atoms with E-state index < -0.39 is 18.1 Å². The summed E-state index contributed by atoms with van der Waals surface area (Å²) in [6.07, 6.45) is 4.83. The number of carbonyl (C=O) groups excluding carboxylic acids is 4. The number of unbranched alkanes of at least 4 members (excludes halogenated alkanes) is 1. The minimum atomic E-state index is -0.984. The minimum absolute atomic E-state index is 0.0178. The Morgan fingerprint density at radius 2 is 1.89 bits per heavy atom. The van der Waals surface area contributed by atoms with Crippen LogP contribution in [0.1, 0.15) is 19.3 Å². The van der Waals surface area contributed by atoms with E-state index in [4.69, 9.17) is 9.47 Å². The van der Waals surface area contributed by atoms with Crippen molar-refractivity contribution in [3.05, 3.63) is 12.7 Å². The summed E-state index contributed by atoms with van der Waals surface area (Å²) < 4.78 is 9.71. The summed E-state index contributed by atoms with van der Waals surface area (Å²) in [4.78, 5) is 59.6. The fourth-order valence-corrected chi connectivity index (χ4v) is 1.65. The highest BCUT2D eigenvalue weighted by Crippen LogP contribution is 2.06. The lowest BCUT2D eigenvalue weighted by Gasteiger charge is -2.11. The zero-order chi connectivity index (χ0) is 20.2. The van der Waals surface area contributed by atoms with Gasteiger partial charge in [-0.3, -0.25) is 0 Å². The molecular weight excluding hydrogens is 362 g/mol. The number of isocyanates is 2. The number of hydrogen-bond acceptors (Lipinski definition) is 10. The summed E-state index contributed by atoms with van der Waals surface area (Å²) >= 11 is 0. The van der Waals surface area contributed by atoms with E-state index in [0.29, 0.717) is 12.8 Å². The molecule has 0 radical (unpaired) electrons. The van der Waals surface area contributed by atoms with Crippen LogP contribution in [-0.2, 0) is 33.6 Å². The first-order chi connectivity index (χ1) is 13.2. The van der Waals surface area contributed by atoms with Gasteiger partial charge in [-0.2, -0.15) is 4.99 Å². The van der Waals surface area contributed by atoms with E-state index in [9.17, 15) is 19.2 Å². The maximum atomic E-state index is 11.8. The largest absolute Gasteiger partial charge is 0.462 e. The third-order valence-corrected chi connectivity index (χ3v) is 2.83. The first-order valence-electron chi connectivity index (χ1n) is 8.18. The second-order valence-corrected chi connectivity index (χ2v) is 4.83. The zero-order valence-electron chi connectivity index (χ0n) is 14.9. The van der Waals surface area contributed by atoms with Gasteiger partial charge in [0.15, 0.2) is 6.04 Å². The van der Waals surface area contributed by atoms with Crippen LogP contribution in [0.15, 0.2) is 22.6 Å². The first-order valence-corrected chi connectivity index (χ1v) is 8.18. The van der Waals surface area contributed by atoms with Crippen LogP contribution >= 0.6 is 0 Å². The number of carbonyl (C=O) groups is 2. The molecule has 0 aliphatic heterocycles.